The van der Waals surface area contributed by atoms with Gasteiger partial charge in [0.05, 0.1) is 11.9 Å². The molecule has 0 aliphatic carbocycles. The molecule has 1 amide bonds. The SMILES string of the molecule is O=C(NN=Cc1cccc(Br)c1)c1cc(-c2ccc(Cl)cc2)n[nH]1. The molecule has 3 aromatic rings. The van der Waals surface area contributed by atoms with Gasteiger partial charge >= 0.3 is 0 Å². The van der Waals surface area contributed by atoms with E-state index in [1.54, 1.807) is 24.4 Å². The van der Waals surface area contributed by atoms with Crippen LogP contribution in [0.5, 0.6) is 0 Å². The summed E-state index contributed by atoms with van der Waals surface area (Å²) >= 11 is 9.24. The Balaban J connectivity index is 1.66. The first-order valence-electron chi connectivity index (χ1n) is 7.02. The summed E-state index contributed by atoms with van der Waals surface area (Å²) in [5.41, 5.74) is 5.19. The van der Waals surface area contributed by atoms with Crippen LogP contribution in [0.25, 0.3) is 11.3 Å². The van der Waals surface area contributed by atoms with E-state index in [0.717, 1.165) is 15.6 Å². The van der Waals surface area contributed by atoms with Crippen molar-refractivity contribution in [1.29, 1.82) is 0 Å². The molecule has 0 aliphatic heterocycles. The van der Waals surface area contributed by atoms with Crippen LogP contribution in [0.3, 0.4) is 0 Å². The van der Waals surface area contributed by atoms with Crippen LogP contribution in [0.4, 0.5) is 0 Å². The standard InChI is InChI=1S/C17H12BrClN4O/c18-13-3-1-2-11(8-13)10-20-23-17(24)16-9-15(21-22-16)12-4-6-14(19)7-5-12/h1-10H,(H,21,22)(H,23,24). The average molecular weight is 404 g/mol. The number of aromatic amines is 1. The smallest absolute Gasteiger partial charge is 0.272 e. The second-order valence-electron chi connectivity index (χ2n) is 4.93. The Morgan fingerprint density at radius 2 is 2.00 bits per heavy atom. The Kier molecular flexibility index (Phi) is 5.08. The van der Waals surface area contributed by atoms with Gasteiger partial charge in [-0.25, -0.2) is 5.43 Å². The van der Waals surface area contributed by atoms with Crippen molar-refractivity contribution in [1.82, 2.24) is 15.6 Å². The van der Waals surface area contributed by atoms with E-state index in [-0.39, 0.29) is 5.91 Å². The normalized spacial score (nSPS) is 10.9. The van der Waals surface area contributed by atoms with Crippen molar-refractivity contribution in [3.8, 4) is 11.3 Å². The van der Waals surface area contributed by atoms with Gasteiger partial charge in [0.2, 0.25) is 0 Å². The third-order valence-corrected chi connectivity index (χ3v) is 3.94. The van der Waals surface area contributed by atoms with Crippen LogP contribution in [0, 0.1) is 0 Å². The van der Waals surface area contributed by atoms with Crippen molar-refractivity contribution in [2.24, 2.45) is 5.10 Å². The van der Waals surface area contributed by atoms with Crippen LogP contribution >= 0.6 is 27.5 Å². The zero-order chi connectivity index (χ0) is 16.9. The Labute approximate surface area is 151 Å². The van der Waals surface area contributed by atoms with E-state index in [1.165, 1.54) is 0 Å². The Bertz CT molecular complexity index is 890. The van der Waals surface area contributed by atoms with Gasteiger partial charge in [0.1, 0.15) is 5.69 Å². The molecule has 0 radical (unpaired) electrons. The number of H-pyrrole nitrogens is 1. The highest BCUT2D eigenvalue weighted by molar-refractivity contribution is 9.10. The zero-order valence-corrected chi connectivity index (χ0v) is 14.7. The third-order valence-electron chi connectivity index (χ3n) is 3.19. The zero-order valence-electron chi connectivity index (χ0n) is 12.3. The fraction of sp³-hybridized carbons (Fsp3) is 0. The van der Waals surface area contributed by atoms with Gasteiger partial charge in [-0.05, 0) is 35.9 Å². The van der Waals surface area contributed by atoms with Crippen LogP contribution in [0.2, 0.25) is 5.02 Å². The molecule has 0 saturated carbocycles. The fourth-order valence-electron chi connectivity index (χ4n) is 2.02. The molecular weight excluding hydrogens is 392 g/mol. The van der Waals surface area contributed by atoms with E-state index in [9.17, 15) is 4.79 Å². The van der Waals surface area contributed by atoms with Crippen molar-refractivity contribution >= 4 is 39.7 Å². The molecule has 2 aromatic carbocycles. The number of benzene rings is 2. The molecule has 0 saturated heterocycles. The molecule has 0 unspecified atom stereocenters. The fourth-order valence-corrected chi connectivity index (χ4v) is 2.56. The second-order valence-corrected chi connectivity index (χ2v) is 6.28. The number of hydrazone groups is 1. The second kappa shape index (κ2) is 7.42. The summed E-state index contributed by atoms with van der Waals surface area (Å²) in [6, 6.07) is 16.5. The molecule has 1 aromatic heterocycles. The lowest BCUT2D eigenvalue weighted by atomic mass is 10.1. The number of carbonyl (C=O) groups is 1. The summed E-state index contributed by atoms with van der Waals surface area (Å²) in [7, 11) is 0. The van der Waals surface area contributed by atoms with Gasteiger partial charge in [0, 0.05) is 15.1 Å². The van der Waals surface area contributed by atoms with Gasteiger partial charge in [-0.1, -0.05) is 51.8 Å². The van der Waals surface area contributed by atoms with Crippen molar-refractivity contribution in [2.75, 3.05) is 0 Å². The summed E-state index contributed by atoms with van der Waals surface area (Å²) in [5.74, 6) is -0.367. The highest BCUT2D eigenvalue weighted by Gasteiger charge is 2.10. The van der Waals surface area contributed by atoms with Gasteiger partial charge in [-0.15, -0.1) is 0 Å². The number of rotatable bonds is 4. The molecule has 24 heavy (non-hydrogen) atoms. The van der Waals surface area contributed by atoms with Gasteiger partial charge in [-0.2, -0.15) is 10.2 Å². The molecule has 2 N–H and O–H groups in total. The van der Waals surface area contributed by atoms with Crippen LogP contribution in [-0.4, -0.2) is 22.3 Å². The van der Waals surface area contributed by atoms with E-state index in [1.807, 2.05) is 36.4 Å². The molecule has 1 heterocycles. The summed E-state index contributed by atoms with van der Waals surface area (Å²) in [6.45, 7) is 0. The first-order chi connectivity index (χ1) is 11.6. The molecule has 0 aliphatic rings. The average Bonchev–Trinajstić information content (AvgIpc) is 3.05. The van der Waals surface area contributed by atoms with Gasteiger partial charge in [-0.3, -0.25) is 9.89 Å². The quantitative estimate of drug-likeness (QED) is 0.505. The van der Waals surface area contributed by atoms with Crippen molar-refractivity contribution in [3.63, 3.8) is 0 Å². The van der Waals surface area contributed by atoms with E-state index in [4.69, 9.17) is 11.6 Å². The number of nitrogens with one attached hydrogen (secondary N) is 2. The molecule has 0 atom stereocenters. The minimum absolute atomic E-state index is 0.325. The first kappa shape index (κ1) is 16.4. The van der Waals surface area contributed by atoms with Crippen molar-refractivity contribution in [3.05, 3.63) is 75.4 Å². The summed E-state index contributed by atoms with van der Waals surface area (Å²) in [4.78, 5) is 12.1. The number of halogens is 2. The monoisotopic (exact) mass is 402 g/mol. The van der Waals surface area contributed by atoms with Crippen LogP contribution in [-0.2, 0) is 0 Å². The Morgan fingerprint density at radius 3 is 2.75 bits per heavy atom. The summed E-state index contributed by atoms with van der Waals surface area (Å²) in [6.07, 6.45) is 1.57. The number of aromatic nitrogens is 2. The highest BCUT2D eigenvalue weighted by atomic mass is 79.9. The first-order valence-corrected chi connectivity index (χ1v) is 8.19. The number of carbonyl (C=O) groups excluding carboxylic acids is 1. The molecule has 5 nitrogen and oxygen atoms in total. The van der Waals surface area contributed by atoms with Gasteiger partial charge in [0.15, 0.2) is 0 Å². The maximum absolute atomic E-state index is 12.1. The largest absolute Gasteiger partial charge is 0.289 e. The van der Waals surface area contributed by atoms with Gasteiger partial charge < -0.3 is 0 Å². The molecule has 7 heteroatoms. The highest BCUT2D eigenvalue weighted by Crippen LogP contribution is 2.20. The van der Waals surface area contributed by atoms with Crippen LogP contribution in [0.15, 0.2) is 64.2 Å². The predicted octanol–water partition coefficient (Wildman–Crippen LogP) is 4.26. The maximum Gasteiger partial charge on any atom is 0.289 e. The minimum atomic E-state index is -0.367. The molecular formula is C17H12BrClN4O. The third kappa shape index (κ3) is 4.10. The summed E-state index contributed by atoms with van der Waals surface area (Å²) < 4.78 is 0.943. The molecule has 120 valence electrons. The number of nitrogens with zero attached hydrogens (tertiary/aromatic N) is 2. The molecule has 3 rings (SSSR count). The lowest BCUT2D eigenvalue weighted by Gasteiger charge is -1.97. The van der Waals surface area contributed by atoms with Crippen LogP contribution in [0.1, 0.15) is 16.1 Å². The van der Waals surface area contributed by atoms with E-state index < -0.39 is 0 Å². The number of hydrogen-bond donors (Lipinski definition) is 2. The van der Waals surface area contributed by atoms with E-state index in [2.05, 4.69) is 36.7 Å². The topological polar surface area (TPSA) is 70.1 Å². The van der Waals surface area contributed by atoms with E-state index in [0.29, 0.717) is 16.4 Å². The minimum Gasteiger partial charge on any atom is -0.272 e. The van der Waals surface area contributed by atoms with Crippen molar-refractivity contribution < 1.29 is 4.79 Å². The molecule has 0 fully saturated rings. The van der Waals surface area contributed by atoms with Crippen LogP contribution < -0.4 is 5.43 Å². The van der Waals surface area contributed by atoms with Crippen molar-refractivity contribution in [2.45, 2.75) is 0 Å². The lowest BCUT2D eigenvalue weighted by Crippen LogP contribution is -2.17. The van der Waals surface area contributed by atoms with Gasteiger partial charge in [0.25, 0.3) is 5.91 Å². The maximum atomic E-state index is 12.1. The Hall–Kier alpha value is -2.44. The Morgan fingerprint density at radius 1 is 1.21 bits per heavy atom. The predicted molar refractivity (Wildman–Crippen MR) is 98.2 cm³/mol. The lowest BCUT2D eigenvalue weighted by molar-refractivity contribution is 0.0950. The van der Waals surface area contributed by atoms with E-state index >= 15 is 0 Å². The molecule has 0 bridgehead atoms. The molecule has 0 spiro atoms. The number of amides is 1. The number of hydrogen-bond acceptors (Lipinski definition) is 3. The summed E-state index contributed by atoms with van der Waals surface area (Å²) in [5, 5.41) is 11.4.